The summed E-state index contributed by atoms with van der Waals surface area (Å²) in [4.78, 5) is 19.0. The molecule has 20 heavy (non-hydrogen) atoms. The van der Waals surface area contributed by atoms with Crippen LogP contribution >= 0.6 is 11.8 Å². The average Bonchev–Trinajstić information content (AvgIpc) is 2.86. The minimum atomic E-state index is -0.202. The van der Waals surface area contributed by atoms with E-state index in [0.717, 1.165) is 21.9 Å². The third-order valence-corrected chi connectivity index (χ3v) is 3.95. The van der Waals surface area contributed by atoms with Crippen LogP contribution in [0.2, 0.25) is 0 Å². The molecule has 5 nitrogen and oxygen atoms in total. The normalized spacial score (nSPS) is 12.3. The van der Waals surface area contributed by atoms with Crippen LogP contribution in [-0.2, 0) is 9.53 Å². The molecule has 108 valence electrons. The summed E-state index contributed by atoms with van der Waals surface area (Å²) in [6.07, 6.45) is 0. The Bertz CT molecular complexity index is 597. The number of nitrogens with zero attached hydrogens (tertiary/aromatic N) is 1. The summed E-state index contributed by atoms with van der Waals surface area (Å²) >= 11 is 1.51. The van der Waals surface area contributed by atoms with Gasteiger partial charge in [0.1, 0.15) is 5.75 Å². The van der Waals surface area contributed by atoms with E-state index in [1.807, 2.05) is 32.0 Å². The van der Waals surface area contributed by atoms with E-state index in [1.165, 1.54) is 18.9 Å². The number of nitrogens with one attached hydrogen (secondary N) is 1. The molecule has 6 heteroatoms. The van der Waals surface area contributed by atoms with Crippen LogP contribution in [0.3, 0.4) is 0 Å². The van der Waals surface area contributed by atoms with Crippen LogP contribution in [0.4, 0.5) is 0 Å². The number of esters is 1. The lowest BCUT2D eigenvalue weighted by Gasteiger charge is -2.06. The number of aromatic nitrogens is 2. The van der Waals surface area contributed by atoms with Crippen molar-refractivity contribution in [3.8, 4) is 5.75 Å². The summed E-state index contributed by atoms with van der Waals surface area (Å²) in [6, 6.07) is 5.75. The monoisotopic (exact) mass is 294 g/mol. The van der Waals surface area contributed by atoms with Crippen LogP contribution in [-0.4, -0.2) is 35.4 Å². The van der Waals surface area contributed by atoms with Gasteiger partial charge in [-0.3, -0.25) is 4.79 Å². The molecule has 1 aromatic heterocycles. The first-order chi connectivity index (χ1) is 9.63. The topological polar surface area (TPSA) is 64.2 Å². The van der Waals surface area contributed by atoms with Crippen molar-refractivity contribution < 1.29 is 14.3 Å². The molecular formula is C14H18N2O3S. The summed E-state index contributed by atoms with van der Waals surface area (Å²) in [6.45, 7) is 4.43. The fraction of sp³-hybridized carbons (Fsp3) is 0.429. The van der Waals surface area contributed by atoms with Crippen LogP contribution in [0.1, 0.15) is 13.8 Å². The Labute approximate surface area is 122 Å². The molecule has 0 spiro atoms. The molecule has 1 aromatic carbocycles. The fourth-order valence-electron chi connectivity index (χ4n) is 1.76. The SMILES string of the molecule is CCOc1ccc2nc(SCC(C)C(=O)OC)[nH]c2c1. The van der Waals surface area contributed by atoms with Crippen LogP contribution in [0.5, 0.6) is 5.75 Å². The van der Waals surface area contributed by atoms with Crippen molar-refractivity contribution in [3.05, 3.63) is 18.2 Å². The van der Waals surface area contributed by atoms with Crippen molar-refractivity contribution in [2.45, 2.75) is 19.0 Å². The van der Waals surface area contributed by atoms with Gasteiger partial charge in [0.15, 0.2) is 5.16 Å². The number of fused-ring (bicyclic) bond motifs is 1. The lowest BCUT2D eigenvalue weighted by atomic mass is 10.2. The molecule has 1 N–H and O–H groups in total. The van der Waals surface area contributed by atoms with Crippen LogP contribution in [0.25, 0.3) is 11.0 Å². The molecule has 0 saturated heterocycles. The molecule has 0 aliphatic carbocycles. The Hall–Kier alpha value is -1.69. The van der Waals surface area contributed by atoms with Gasteiger partial charge in [-0.25, -0.2) is 4.98 Å². The largest absolute Gasteiger partial charge is 0.494 e. The zero-order chi connectivity index (χ0) is 14.5. The predicted molar refractivity (Wildman–Crippen MR) is 79.2 cm³/mol. The van der Waals surface area contributed by atoms with E-state index in [9.17, 15) is 4.79 Å². The predicted octanol–water partition coefficient (Wildman–Crippen LogP) is 2.86. The van der Waals surface area contributed by atoms with Crippen LogP contribution in [0, 0.1) is 5.92 Å². The second-order valence-corrected chi connectivity index (χ2v) is 5.40. The number of hydrogen-bond acceptors (Lipinski definition) is 5. The van der Waals surface area contributed by atoms with Crippen molar-refractivity contribution in [1.29, 1.82) is 0 Å². The number of rotatable bonds is 6. The molecule has 0 saturated carbocycles. The highest BCUT2D eigenvalue weighted by Gasteiger charge is 2.14. The molecule has 0 bridgehead atoms. The average molecular weight is 294 g/mol. The number of benzene rings is 1. The van der Waals surface area contributed by atoms with Gasteiger partial charge < -0.3 is 14.5 Å². The highest BCUT2D eigenvalue weighted by atomic mass is 32.2. The molecular weight excluding hydrogens is 276 g/mol. The molecule has 0 fully saturated rings. The van der Waals surface area contributed by atoms with Gasteiger partial charge in [-0.15, -0.1) is 0 Å². The van der Waals surface area contributed by atoms with Gasteiger partial charge >= 0.3 is 5.97 Å². The summed E-state index contributed by atoms with van der Waals surface area (Å²) in [5.74, 6) is 1.10. The minimum Gasteiger partial charge on any atom is -0.494 e. The van der Waals surface area contributed by atoms with Gasteiger partial charge in [0.05, 0.1) is 30.7 Å². The first kappa shape index (κ1) is 14.7. The Morgan fingerprint density at radius 1 is 1.50 bits per heavy atom. The number of thioether (sulfide) groups is 1. The minimum absolute atomic E-state index is 0.155. The second kappa shape index (κ2) is 6.65. The number of carbonyl (C=O) groups excluding carboxylic acids is 1. The van der Waals surface area contributed by atoms with E-state index in [0.29, 0.717) is 12.4 Å². The number of H-pyrrole nitrogens is 1. The van der Waals surface area contributed by atoms with E-state index in [-0.39, 0.29) is 11.9 Å². The zero-order valence-electron chi connectivity index (χ0n) is 11.8. The van der Waals surface area contributed by atoms with Gasteiger partial charge in [-0.05, 0) is 19.1 Å². The Kier molecular flexibility index (Phi) is 4.89. The van der Waals surface area contributed by atoms with E-state index in [1.54, 1.807) is 0 Å². The molecule has 1 unspecified atom stereocenters. The van der Waals surface area contributed by atoms with Crippen molar-refractivity contribution in [2.75, 3.05) is 19.5 Å². The summed E-state index contributed by atoms with van der Waals surface area (Å²) in [5, 5.41) is 0.796. The van der Waals surface area contributed by atoms with E-state index in [2.05, 4.69) is 9.97 Å². The van der Waals surface area contributed by atoms with Crippen molar-refractivity contribution >= 4 is 28.8 Å². The number of aromatic amines is 1. The Morgan fingerprint density at radius 2 is 2.30 bits per heavy atom. The Morgan fingerprint density at radius 3 is 3.00 bits per heavy atom. The zero-order valence-corrected chi connectivity index (χ0v) is 12.6. The smallest absolute Gasteiger partial charge is 0.309 e. The molecule has 2 rings (SSSR count). The maximum Gasteiger partial charge on any atom is 0.309 e. The second-order valence-electron chi connectivity index (χ2n) is 4.39. The standard InChI is InChI=1S/C14H18N2O3S/c1-4-19-10-5-6-11-12(7-10)16-14(15-11)20-8-9(2)13(17)18-3/h5-7,9H,4,8H2,1-3H3,(H,15,16). The summed E-state index contributed by atoms with van der Waals surface area (Å²) < 4.78 is 10.2. The highest BCUT2D eigenvalue weighted by Crippen LogP contribution is 2.24. The van der Waals surface area contributed by atoms with E-state index in [4.69, 9.17) is 9.47 Å². The molecule has 0 aliphatic heterocycles. The van der Waals surface area contributed by atoms with Crippen molar-refractivity contribution in [2.24, 2.45) is 5.92 Å². The van der Waals surface area contributed by atoms with Crippen LogP contribution < -0.4 is 4.74 Å². The number of ether oxygens (including phenoxy) is 2. The number of imidazole rings is 1. The van der Waals surface area contributed by atoms with Gasteiger partial charge in [-0.2, -0.15) is 0 Å². The third-order valence-electron chi connectivity index (χ3n) is 2.82. The third kappa shape index (κ3) is 3.45. The molecule has 2 aromatic rings. The fourth-order valence-corrected chi connectivity index (χ4v) is 2.65. The van der Waals surface area contributed by atoms with Gasteiger partial charge in [-0.1, -0.05) is 18.7 Å². The first-order valence-electron chi connectivity index (χ1n) is 6.47. The molecule has 1 heterocycles. The highest BCUT2D eigenvalue weighted by molar-refractivity contribution is 7.99. The van der Waals surface area contributed by atoms with Gasteiger partial charge in [0.2, 0.25) is 0 Å². The maximum absolute atomic E-state index is 11.3. The van der Waals surface area contributed by atoms with Gasteiger partial charge in [0.25, 0.3) is 0 Å². The molecule has 0 amide bonds. The summed E-state index contributed by atoms with van der Waals surface area (Å²) in [7, 11) is 1.40. The summed E-state index contributed by atoms with van der Waals surface area (Å²) in [5.41, 5.74) is 1.82. The maximum atomic E-state index is 11.3. The Balaban J connectivity index is 2.06. The number of methoxy groups -OCH3 is 1. The molecule has 0 aliphatic rings. The lowest BCUT2D eigenvalue weighted by molar-refractivity contribution is -0.143. The number of hydrogen-bond donors (Lipinski definition) is 1. The van der Waals surface area contributed by atoms with E-state index >= 15 is 0 Å². The lowest BCUT2D eigenvalue weighted by Crippen LogP contribution is -2.14. The van der Waals surface area contributed by atoms with Crippen LogP contribution in [0.15, 0.2) is 23.4 Å². The number of carbonyl (C=O) groups is 1. The molecule has 1 atom stereocenters. The quantitative estimate of drug-likeness (QED) is 0.655. The van der Waals surface area contributed by atoms with Gasteiger partial charge in [0, 0.05) is 11.8 Å². The molecule has 0 radical (unpaired) electrons. The first-order valence-corrected chi connectivity index (χ1v) is 7.45. The van der Waals surface area contributed by atoms with Crippen molar-refractivity contribution in [1.82, 2.24) is 9.97 Å². The van der Waals surface area contributed by atoms with E-state index < -0.39 is 0 Å². The van der Waals surface area contributed by atoms with Crippen molar-refractivity contribution in [3.63, 3.8) is 0 Å².